The summed E-state index contributed by atoms with van der Waals surface area (Å²) in [4.78, 5) is 0.245. The van der Waals surface area contributed by atoms with Crippen molar-refractivity contribution in [3.8, 4) is 22.6 Å². The average Bonchev–Trinajstić information content (AvgIpc) is 2.97. The van der Waals surface area contributed by atoms with E-state index in [1.54, 1.807) is 30.3 Å². The largest absolute Gasteiger partial charge is 0.356 e. The maximum Gasteiger partial charge on any atom is 0.175 e. The molecule has 0 saturated carbocycles. The van der Waals surface area contributed by atoms with Crippen molar-refractivity contribution in [1.82, 2.24) is 5.16 Å². The summed E-state index contributed by atoms with van der Waals surface area (Å²) in [5, 5.41) is 3.95. The van der Waals surface area contributed by atoms with E-state index in [1.165, 1.54) is 24.3 Å². The second-order valence-corrected chi connectivity index (χ2v) is 6.90. The SMILES string of the molecule is CS(=O)(=O)c1ccc(-c2cc(-c3ccc(F)cc3)no2)cc1. The van der Waals surface area contributed by atoms with Crippen LogP contribution in [-0.2, 0) is 9.84 Å². The number of aromatic nitrogens is 1. The minimum Gasteiger partial charge on any atom is -0.356 e. The second kappa shape index (κ2) is 5.38. The smallest absolute Gasteiger partial charge is 0.175 e. The summed E-state index contributed by atoms with van der Waals surface area (Å²) >= 11 is 0. The fraction of sp³-hybridized carbons (Fsp3) is 0.0625. The molecule has 1 aromatic heterocycles. The van der Waals surface area contributed by atoms with Gasteiger partial charge in [-0.15, -0.1) is 0 Å². The lowest BCUT2D eigenvalue weighted by Gasteiger charge is -1.99. The lowest BCUT2D eigenvalue weighted by Crippen LogP contribution is -1.95. The van der Waals surface area contributed by atoms with Gasteiger partial charge in [0.2, 0.25) is 0 Å². The lowest BCUT2D eigenvalue weighted by molar-refractivity contribution is 0.435. The highest BCUT2D eigenvalue weighted by atomic mass is 32.2. The molecule has 22 heavy (non-hydrogen) atoms. The normalized spacial score (nSPS) is 11.5. The van der Waals surface area contributed by atoms with Gasteiger partial charge in [0.15, 0.2) is 15.6 Å². The Hall–Kier alpha value is -2.47. The molecule has 0 spiro atoms. The molecule has 0 bridgehead atoms. The molecular formula is C16H12FNO3S. The standard InChI is InChI=1S/C16H12FNO3S/c1-22(19,20)14-8-4-12(5-9-14)16-10-15(18-21-16)11-2-6-13(17)7-3-11/h2-10H,1H3. The summed E-state index contributed by atoms with van der Waals surface area (Å²) in [5.74, 6) is 0.197. The molecule has 0 N–H and O–H groups in total. The molecule has 0 saturated heterocycles. The number of rotatable bonds is 3. The Bertz CT molecular complexity index is 897. The van der Waals surface area contributed by atoms with Crippen molar-refractivity contribution in [3.63, 3.8) is 0 Å². The van der Waals surface area contributed by atoms with Crippen LogP contribution < -0.4 is 0 Å². The molecule has 2 aromatic carbocycles. The van der Waals surface area contributed by atoms with Gasteiger partial charge >= 0.3 is 0 Å². The number of benzene rings is 2. The third-order valence-electron chi connectivity index (χ3n) is 3.22. The fourth-order valence-corrected chi connectivity index (χ4v) is 2.66. The van der Waals surface area contributed by atoms with Crippen molar-refractivity contribution in [1.29, 1.82) is 0 Å². The van der Waals surface area contributed by atoms with Gasteiger partial charge in [0.05, 0.1) is 4.90 Å². The molecule has 3 aromatic rings. The van der Waals surface area contributed by atoms with E-state index in [0.717, 1.165) is 11.8 Å². The topological polar surface area (TPSA) is 60.2 Å². The van der Waals surface area contributed by atoms with Gasteiger partial charge in [0.1, 0.15) is 11.5 Å². The Morgan fingerprint density at radius 1 is 0.955 bits per heavy atom. The number of halogens is 1. The molecule has 0 aliphatic carbocycles. The van der Waals surface area contributed by atoms with Crippen LogP contribution in [0.3, 0.4) is 0 Å². The summed E-state index contributed by atoms with van der Waals surface area (Å²) in [6.07, 6.45) is 1.16. The van der Waals surface area contributed by atoms with Crippen LogP contribution in [0.1, 0.15) is 0 Å². The molecule has 0 fully saturated rings. The van der Waals surface area contributed by atoms with Gasteiger partial charge in [0.25, 0.3) is 0 Å². The maximum absolute atomic E-state index is 12.9. The molecule has 0 unspecified atom stereocenters. The van der Waals surface area contributed by atoms with Crippen LogP contribution >= 0.6 is 0 Å². The van der Waals surface area contributed by atoms with Crippen LogP contribution in [0.15, 0.2) is 64.0 Å². The van der Waals surface area contributed by atoms with Gasteiger partial charge in [0, 0.05) is 23.4 Å². The molecule has 0 radical (unpaired) electrons. The van der Waals surface area contributed by atoms with Crippen molar-refractivity contribution in [2.45, 2.75) is 4.90 Å². The van der Waals surface area contributed by atoms with Crippen molar-refractivity contribution in [2.75, 3.05) is 6.26 Å². The van der Waals surface area contributed by atoms with Crippen molar-refractivity contribution >= 4 is 9.84 Å². The Morgan fingerprint density at radius 2 is 1.55 bits per heavy atom. The first-order chi connectivity index (χ1) is 10.4. The maximum atomic E-state index is 12.9. The molecule has 0 aliphatic rings. The van der Waals surface area contributed by atoms with E-state index in [0.29, 0.717) is 17.0 Å². The zero-order chi connectivity index (χ0) is 15.7. The van der Waals surface area contributed by atoms with E-state index in [1.807, 2.05) is 0 Å². The summed E-state index contributed by atoms with van der Waals surface area (Å²) in [6, 6.07) is 14.0. The van der Waals surface area contributed by atoms with Gasteiger partial charge in [-0.1, -0.05) is 5.16 Å². The van der Waals surface area contributed by atoms with Crippen molar-refractivity contribution < 1.29 is 17.3 Å². The predicted octanol–water partition coefficient (Wildman–Crippen LogP) is 3.55. The van der Waals surface area contributed by atoms with Gasteiger partial charge in [-0.05, 0) is 48.5 Å². The second-order valence-electron chi connectivity index (χ2n) is 4.88. The van der Waals surface area contributed by atoms with Crippen molar-refractivity contribution in [2.24, 2.45) is 0 Å². The number of hydrogen-bond donors (Lipinski definition) is 0. The van der Waals surface area contributed by atoms with Crippen LogP contribution in [0, 0.1) is 5.82 Å². The Morgan fingerprint density at radius 3 is 2.14 bits per heavy atom. The third kappa shape index (κ3) is 2.92. The highest BCUT2D eigenvalue weighted by molar-refractivity contribution is 7.90. The summed E-state index contributed by atoms with van der Waals surface area (Å²) in [6.45, 7) is 0. The van der Waals surface area contributed by atoms with E-state index >= 15 is 0 Å². The van der Waals surface area contributed by atoms with E-state index in [9.17, 15) is 12.8 Å². The molecule has 112 valence electrons. The Labute approximate surface area is 127 Å². The quantitative estimate of drug-likeness (QED) is 0.741. The van der Waals surface area contributed by atoms with Gasteiger partial charge in [-0.2, -0.15) is 0 Å². The van der Waals surface area contributed by atoms with Gasteiger partial charge in [-0.3, -0.25) is 0 Å². The van der Waals surface area contributed by atoms with Crippen molar-refractivity contribution in [3.05, 3.63) is 60.4 Å². The first-order valence-corrected chi connectivity index (χ1v) is 8.36. The molecular weight excluding hydrogens is 305 g/mol. The van der Waals surface area contributed by atoms with Crippen LogP contribution in [0.4, 0.5) is 4.39 Å². The van der Waals surface area contributed by atoms with E-state index < -0.39 is 9.84 Å². The number of sulfone groups is 1. The van der Waals surface area contributed by atoms with Gasteiger partial charge < -0.3 is 4.52 Å². The summed E-state index contributed by atoms with van der Waals surface area (Å²) < 4.78 is 41.0. The molecule has 0 aliphatic heterocycles. The molecule has 0 atom stereocenters. The Balaban J connectivity index is 1.92. The zero-order valence-electron chi connectivity index (χ0n) is 11.7. The molecule has 0 amide bonds. The van der Waals surface area contributed by atoms with Gasteiger partial charge in [-0.25, -0.2) is 12.8 Å². The predicted molar refractivity (Wildman–Crippen MR) is 80.4 cm³/mol. The molecule has 3 rings (SSSR count). The molecule has 4 nitrogen and oxygen atoms in total. The minimum absolute atomic E-state index is 0.245. The lowest BCUT2D eigenvalue weighted by atomic mass is 10.1. The molecule has 1 heterocycles. The summed E-state index contributed by atoms with van der Waals surface area (Å²) in [7, 11) is -3.23. The van der Waals surface area contributed by atoms with Crippen LogP contribution in [0.2, 0.25) is 0 Å². The van der Waals surface area contributed by atoms with Crippen LogP contribution in [0.25, 0.3) is 22.6 Å². The first-order valence-electron chi connectivity index (χ1n) is 6.47. The van der Waals surface area contributed by atoms with E-state index in [2.05, 4.69) is 5.16 Å². The fourth-order valence-electron chi connectivity index (χ4n) is 2.03. The number of hydrogen-bond acceptors (Lipinski definition) is 4. The molecule has 6 heteroatoms. The highest BCUT2D eigenvalue weighted by Gasteiger charge is 2.11. The monoisotopic (exact) mass is 317 g/mol. The average molecular weight is 317 g/mol. The summed E-state index contributed by atoms with van der Waals surface area (Å²) in [5.41, 5.74) is 2.04. The van der Waals surface area contributed by atoms with Crippen LogP contribution in [0.5, 0.6) is 0 Å². The van der Waals surface area contributed by atoms with E-state index in [-0.39, 0.29) is 10.7 Å². The first kappa shape index (κ1) is 14.5. The Kier molecular flexibility index (Phi) is 3.54. The minimum atomic E-state index is -3.23. The number of nitrogens with zero attached hydrogens (tertiary/aromatic N) is 1. The third-order valence-corrected chi connectivity index (χ3v) is 4.35. The highest BCUT2D eigenvalue weighted by Crippen LogP contribution is 2.26. The zero-order valence-corrected chi connectivity index (χ0v) is 12.5. The van der Waals surface area contributed by atoms with E-state index in [4.69, 9.17) is 4.52 Å². The van der Waals surface area contributed by atoms with Crippen LogP contribution in [-0.4, -0.2) is 19.8 Å².